The Labute approximate surface area is 366 Å². The molecule has 0 aliphatic heterocycles. The fourth-order valence-electron chi connectivity index (χ4n) is 9.47. The van der Waals surface area contributed by atoms with Gasteiger partial charge < -0.3 is 13.9 Å². The number of hydrogen-bond donors (Lipinski definition) is 0. The molecule has 2 aromatic heterocycles. The molecule has 0 spiro atoms. The number of hydrogen-bond acceptors (Lipinski definition) is 2. The van der Waals surface area contributed by atoms with Gasteiger partial charge in [-0.05, 0) is 112 Å². The van der Waals surface area contributed by atoms with Crippen LogP contribution in [0, 0.1) is 0 Å². The van der Waals surface area contributed by atoms with Gasteiger partial charge in [0.15, 0.2) is 0 Å². The number of anilines is 3. The first-order chi connectivity index (χ1) is 31.2. The van der Waals surface area contributed by atoms with Crippen LogP contribution in [0.3, 0.4) is 0 Å². The van der Waals surface area contributed by atoms with Crippen LogP contribution < -0.4 is 4.90 Å². The van der Waals surface area contributed by atoms with Gasteiger partial charge >= 0.3 is 0 Å². The molecule has 12 aromatic rings. The summed E-state index contributed by atoms with van der Waals surface area (Å²) in [5, 5.41) is 4.78. The van der Waals surface area contributed by atoms with Crippen molar-refractivity contribution < 1.29 is 4.42 Å². The van der Waals surface area contributed by atoms with Crippen molar-refractivity contribution in [3.05, 3.63) is 243 Å². The standard InChI is InChI=1S/C60H40N2O/c1-2-15-41(16-3-1)44-17-12-19-46(39-44)50-21-4-8-26-55(50)61(48-37-33-43(34-38-48)51-25-14-30-59-60(51)54-24-7-11-29-58(54)63-59)47-35-31-42(32-36-47)45-18-13-20-49(40-45)62-56-27-9-5-22-52(56)53-23-6-10-28-57(53)62/h1-40H. The number of para-hydroxylation sites is 4. The van der Waals surface area contributed by atoms with Crippen LogP contribution in [0.2, 0.25) is 0 Å². The molecule has 0 bridgehead atoms. The molecule has 0 aliphatic carbocycles. The number of benzene rings is 10. The molecule has 0 unspecified atom stereocenters. The van der Waals surface area contributed by atoms with E-state index in [2.05, 4.69) is 240 Å². The lowest BCUT2D eigenvalue weighted by atomic mass is 9.96. The highest BCUT2D eigenvalue weighted by Gasteiger charge is 2.20. The van der Waals surface area contributed by atoms with E-state index >= 15 is 0 Å². The predicted molar refractivity (Wildman–Crippen MR) is 264 cm³/mol. The molecule has 10 aromatic carbocycles. The first-order valence-corrected chi connectivity index (χ1v) is 21.5. The number of nitrogens with zero attached hydrogens (tertiary/aromatic N) is 2. The average Bonchev–Trinajstić information content (AvgIpc) is 3.91. The Morgan fingerprint density at radius 3 is 1.57 bits per heavy atom. The minimum atomic E-state index is 0.895. The van der Waals surface area contributed by atoms with E-state index in [4.69, 9.17) is 4.42 Å². The second-order valence-corrected chi connectivity index (χ2v) is 16.1. The molecule has 0 fully saturated rings. The Hall–Kier alpha value is -8.40. The fourth-order valence-corrected chi connectivity index (χ4v) is 9.47. The third-order valence-electron chi connectivity index (χ3n) is 12.4. The summed E-state index contributed by atoms with van der Waals surface area (Å²) >= 11 is 0. The van der Waals surface area contributed by atoms with Crippen LogP contribution in [0.5, 0.6) is 0 Å². The SMILES string of the molecule is c1ccc(-c2cccc(-c3ccccc3N(c3ccc(-c4cccc(-n5c6ccccc6c6ccccc65)c4)cc3)c3ccc(-c4cccc5oc6ccccc6c45)cc3)c2)cc1. The van der Waals surface area contributed by atoms with Crippen LogP contribution in [0.15, 0.2) is 247 Å². The maximum atomic E-state index is 6.28. The van der Waals surface area contributed by atoms with Crippen LogP contribution >= 0.6 is 0 Å². The van der Waals surface area contributed by atoms with Crippen molar-refractivity contribution in [3.8, 4) is 50.2 Å². The van der Waals surface area contributed by atoms with Gasteiger partial charge in [-0.15, -0.1) is 0 Å². The van der Waals surface area contributed by atoms with Gasteiger partial charge in [-0.25, -0.2) is 0 Å². The summed E-state index contributed by atoms with van der Waals surface area (Å²) in [7, 11) is 0. The van der Waals surface area contributed by atoms with Gasteiger partial charge in [0.25, 0.3) is 0 Å². The zero-order chi connectivity index (χ0) is 41.7. The van der Waals surface area contributed by atoms with Crippen molar-refractivity contribution in [2.75, 3.05) is 4.90 Å². The Morgan fingerprint density at radius 2 is 0.825 bits per heavy atom. The van der Waals surface area contributed by atoms with E-state index in [1.54, 1.807) is 0 Å². The van der Waals surface area contributed by atoms with E-state index in [9.17, 15) is 0 Å². The minimum absolute atomic E-state index is 0.895. The van der Waals surface area contributed by atoms with Crippen LogP contribution in [0.25, 0.3) is 93.9 Å². The predicted octanol–water partition coefficient (Wildman–Crippen LogP) is 16.8. The van der Waals surface area contributed by atoms with Gasteiger partial charge in [0.05, 0.1) is 16.7 Å². The van der Waals surface area contributed by atoms with Crippen LogP contribution in [-0.4, -0.2) is 4.57 Å². The quantitative estimate of drug-likeness (QED) is 0.153. The van der Waals surface area contributed by atoms with Crippen LogP contribution in [0.4, 0.5) is 17.1 Å². The first kappa shape index (κ1) is 36.5. The molecule has 0 saturated heterocycles. The van der Waals surface area contributed by atoms with Crippen molar-refractivity contribution in [2.45, 2.75) is 0 Å². The van der Waals surface area contributed by atoms with Crippen molar-refractivity contribution in [2.24, 2.45) is 0 Å². The molecular formula is C60H40N2O. The molecule has 0 aliphatic rings. The molecule has 0 atom stereocenters. The molecule has 296 valence electrons. The number of rotatable bonds is 8. The molecule has 2 heterocycles. The zero-order valence-corrected chi connectivity index (χ0v) is 34.4. The van der Waals surface area contributed by atoms with Crippen molar-refractivity contribution in [1.82, 2.24) is 4.57 Å². The summed E-state index contributed by atoms with van der Waals surface area (Å²) in [5.41, 5.74) is 17.9. The molecule has 3 nitrogen and oxygen atoms in total. The lowest BCUT2D eigenvalue weighted by molar-refractivity contribution is 0.669. The topological polar surface area (TPSA) is 21.3 Å². The maximum absolute atomic E-state index is 6.28. The molecule has 0 N–H and O–H groups in total. The molecule has 0 radical (unpaired) electrons. The van der Waals surface area contributed by atoms with Crippen LogP contribution in [-0.2, 0) is 0 Å². The van der Waals surface area contributed by atoms with E-state index in [0.717, 1.165) is 78.1 Å². The summed E-state index contributed by atoms with van der Waals surface area (Å²) in [4.78, 5) is 2.39. The van der Waals surface area contributed by atoms with Gasteiger partial charge in [-0.2, -0.15) is 0 Å². The van der Waals surface area contributed by atoms with Crippen LogP contribution in [0.1, 0.15) is 0 Å². The largest absolute Gasteiger partial charge is 0.456 e. The molecule has 12 rings (SSSR count). The molecular weight excluding hydrogens is 765 g/mol. The van der Waals surface area contributed by atoms with Gasteiger partial charge in [-0.3, -0.25) is 0 Å². The first-order valence-electron chi connectivity index (χ1n) is 21.5. The maximum Gasteiger partial charge on any atom is 0.136 e. The van der Waals surface area contributed by atoms with Gasteiger partial charge in [0.1, 0.15) is 11.2 Å². The van der Waals surface area contributed by atoms with Crippen molar-refractivity contribution in [3.63, 3.8) is 0 Å². The summed E-state index contributed by atoms with van der Waals surface area (Å²) in [6.07, 6.45) is 0. The monoisotopic (exact) mass is 804 g/mol. The van der Waals surface area contributed by atoms with Crippen molar-refractivity contribution in [1.29, 1.82) is 0 Å². The van der Waals surface area contributed by atoms with Crippen molar-refractivity contribution >= 4 is 60.8 Å². The van der Waals surface area contributed by atoms with E-state index in [-0.39, 0.29) is 0 Å². The molecule has 3 heteroatoms. The lowest BCUT2D eigenvalue weighted by Gasteiger charge is -2.28. The fraction of sp³-hybridized carbons (Fsp3) is 0. The highest BCUT2D eigenvalue weighted by molar-refractivity contribution is 6.12. The Bertz CT molecular complexity index is 3560. The lowest BCUT2D eigenvalue weighted by Crippen LogP contribution is -2.11. The Balaban J connectivity index is 0.970. The normalized spacial score (nSPS) is 11.5. The number of fused-ring (bicyclic) bond motifs is 6. The van der Waals surface area contributed by atoms with E-state index in [0.29, 0.717) is 0 Å². The summed E-state index contributed by atoms with van der Waals surface area (Å²) < 4.78 is 8.66. The number of furan rings is 1. The molecule has 0 amide bonds. The third kappa shape index (κ3) is 6.38. The smallest absolute Gasteiger partial charge is 0.136 e. The average molecular weight is 805 g/mol. The summed E-state index contributed by atoms with van der Waals surface area (Å²) in [5.74, 6) is 0. The highest BCUT2D eigenvalue weighted by atomic mass is 16.3. The third-order valence-corrected chi connectivity index (χ3v) is 12.4. The molecule has 63 heavy (non-hydrogen) atoms. The summed E-state index contributed by atoms with van der Waals surface area (Å²) in [6, 6.07) is 87.1. The summed E-state index contributed by atoms with van der Waals surface area (Å²) in [6.45, 7) is 0. The van der Waals surface area contributed by atoms with Gasteiger partial charge in [-0.1, -0.05) is 170 Å². The Morgan fingerprint density at radius 1 is 0.317 bits per heavy atom. The highest BCUT2D eigenvalue weighted by Crippen LogP contribution is 2.44. The van der Waals surface area contributed by atoms with Gasteiger partial charge in [0.2, 0.25) is 0 Å². The van der Waals surface area contributed by atoms with E-state index in [1.165, 1.54) is 32.9 Å². The van der Waals surface area contributed by atoms with E-state index in [1.807, 2.05) is 12.1 Å². The minimum Gasteiger partial charge on any atom is -0.456 e. The second-order valence-electron chi connectivity index (χ2n) is 16.1. The van der Waals surface area contributed by atoms with E-state index < -0.39 is 0 Å². The zero-order valence-electron chi connectivity index (χ0n) is 34.4. The number of aromatic nitrogens is 1. The van der Waals surface area contributed by atoms with Gasteiger partial charge in [0, 0.05) is 44.2 Å². The molecule has 0 saturated carbocycles. The Kier molecular flexibility index (Phi) is 8.83. The second kappa shape index (κ2) is 15.3.